The van der Waals surface area contributed by atoms with E-state index in [4.69, 9.17) is 0 Å². The Morgan fingerprint density at radius 3 is 2.75 bits per heavy atom. The Morgan fingerprint density at radius 1 is 1.50 bits per heavy atom. The molecule has 0 aliphatic rings. The molecule has 0 spiro atoms. The summed E-state index contributed by atoms with van der Waals surface area (Å²) in [6.45, 7) is 8.30. The number of nitrogens with one attached hydrogen (secondary N) is 1. The fraction of sp³-hybridized carbons (Fsp3) is 0.571. The second kappa shape index (κ2) is 6.41. The largest absolute Gasteiger partial charge is 0.391 e. The van der Waals surface area contributed by atoms with Crippen LogP contribution < -0.4 is 5.32 Å². The van der Waals surface area contributed by atoms with E-state index in [0.717, 1.165) is 13.0 Å². The van der Waals surface area contributed by atoms with Crippen LogP contribution in [0.15, 0.2) is 12.8 Å². The first-order valence-electron chi connectivity index (χ1n) is 3.05. The topological polar surface area (TPSA) is 12.0 Å². The minimum Gasteiger partial charge on any atom is -0.391 e. The van der Waals surface area contributed by atoms with E-state index in [9.17, 15) is 0 Å². The minimum absolute atomic E-state index is 1.04. The minimum atomic E-state index is 1.04. The Morgan fingerprint density at radius 2 is 2.25 bits per heavy atom. The van der Waals surface area contributed by atoms with E-state index in [1.165, 1.54) is 12.8 Å². The van der Waals surface area contributed by atoms with Crippen molar-refractivity contribution >= 4 is 0 Å². The molecule has 0 atom stereocenters. The van der Waals surface area contributed by atoms with Gasteiger partial charge in [0.1, 0.15) is 0 Å². The third kappa shape index (κ3) is 5.41. The van der Waals surface area contributed by atoms with Gasteiger partial charge in [-0.15, -0.1) is 0 Å². The van der Waals surface area contributed by atoms with Crippen molar-refractivity contribution in [1.29, 1.82) is 0 Å². The second-order valence-corrected chi connectivity index (χ2v) is 1.72. The molecule has 0 radical (unpaired) electrons. The SMILES string of the molecule is C=CNCCCC[CH2+]. The standard InChI is InChI=1S/C7H14N/c1-3-5-6-7-8-4-2/h4,8H,1-3,5-7H2/q+1. The van der Waals surface area contributed by atoms with Crippen LogP contribution in [0.3, 0.4) is 0 Å². The molecule has 0 aliphatic heterocycles. The summed E-state index contributed by atoms with van der Waals surface area (Å²) in [6, 6.07) is 0. The van der Waals surface area contributed by atoms with Crippen molar-refractivity contribution in [3.8, 4) is 0 Å². The summed E-state index contributed by atoms with van der Waals surface area (Å²) >= 11 is 0. The van der Waals surface area contributed by atoms with Crippen LogP contribution in [0.5, 0.6) is 0 Å². The summed E-state index contributed by atoms with van der Waals surface area (Å²) in [6.07, 6.45) is 5.18. The average Bonchev–Trinajstić information content (AvgIpc) is 1.81. The Kier molecular flexibility index (Phi) is 5.94. The van der Waals surface area contributed by atoms with E-state index in [2.05, 4.69) is 18.8 Å². The molecule has 8 heavy (non-hydrogen) atoms. The molecule has 0 aliphatic carbocycles. The summed E-state index contributed by atoms with van der Waals surface area (Å²) in [5.74, 6) is 0. The summed E-state index contributed by atoms with van der Waals surface area (Å²) in [7, 11) is 0. The second-order valence-electron chi connectivity index (χ2n) is 1.72. The van der Waals surface area contributed by atoms with Crippen LogP contribution in [0.4, 0.5) is 0 Å². The smallest absolute Gasteiger partial charge is 0.0851 e. The highest BCUT2D eigenvalue weighted by Gasteiger charge is 1.83. The quantitative estimate of drug-likeness (QED) is 0.422. The molecule has 46 valence electrons. The lowest BCUT2D eigenvalue weighted by Gasteiger charge is -1.94. The molecule has 0 fully saturated rings. The lowest BCUT2D eigenvalue weighted by Crippen LogP contribution is -2.05. The average molecular weight is 112 g/mol. The van der Waals surface area contributed by atoms with Gasteiger partial charge in [0.25, 0.3) is 0 Å². The summed E-state index contributed by atoms with van der Waals surface area (Å²) < 4.78 is 0. The van der Waals surface area contributed by atoms with Crippen LogP contribution in [0.25, 0.3) is 0 Å². The molecule has 1 N–H and O–H groups in total. The molecule has 0 rings (SSSR count). The third-order valence-electron chi connectivity index (χ3n) is 0.965. The highest BCUT2D eigenvalue weighted by molar-refractivity contribution is 4.61. The van der Waals surface area contributed by atoms with Crippen molar-refractivity contribution in [1.82, 2.24) is 5.32 Å². The van der Waals surface area contributed by atoms with E-state index in [1.807, 2.05) is 0 Å². The highest BCUT2D eigenvalue weighted by Crippen LogP contribution is 1.89. The predicted octanol–water partition coefficient (Wildman–Crippen LogP) is 1.72. The fourth-order valence-electron chi connectivity index (χ4n) is 0.506. The van der Waals surface area contributed by atoms with Crippen molar-refractivity contribution in [3.63, 3.8) is 0 Å². The van der Waals surface area contributed by atoms with E-state index < -0.39 is 0 Å². The summed E-state index contributed by atoms with van der Waals surface area (Å²) in [4.78, 5) is 0. The van der Waals surface area contributed by atoms with Crippen molar-refractivity contribution in [3.05, 3.63) is 19.7 Å². The van der Waals surface area contributed by atoms with Gasteiger partial charge in [0.05, 0.1) is 13.3 Å². The van der Waals surface area contributed by atoms with E-state index in [-0.39, 0.29) is 0 Å². The molecule has 0 bridgehead atoms. The number of rotatable bonds is 5. The summed E-state index contributed by atoms with van der Waals surface area (Å²) in [5, 5.41) is 3.02. The van der Waals surface area contributed by atoms with Crippen LogP contribution in [-0.4, -0.2) is 6.54 Å². The van der Waals surface area contributed by atoms with E-state index >= 15 is 0 Å². The van der Waals surface area contributed by atoms with Gasteiger partial charge in [-0.05, 0) is 19.0 Å². The van der Waals surface area contributed by atoms with Crippen LogP contribution in [0.1, 0.15) is 19.3 Å². The van der Waals surface area contributed by atoms with Gasteiger partial charge in [-0.1, -0.05) is 6.58 Å². The molecule has 0 amide bonds. The van der Waals surface area contributed by atoms with Crippen LogP contribution in [0, 0.1) is 6.92 Å². The van der Waals surface area contributed by atoms with Crippen LogP contribution in [-0.2, 0) is 0 Å². The molecular weight excluding hydrogens is 98.1 g/mol. The van der Waals surface area contributed by atoms with Gasteiger partial charge >= 0.3 is 0 Å². The zero-order valence-corrected chi connectivity index (χ0v) is 5.32. The maximum atomic E-state index is 3.73. The fourth-order valence-corrected chi connectivity index (χ4v) is 0.506. The zero-order valence-electron chi connectivity index (χ0n) is 5.32. The normalized spacial score (nSPS) is 8.50. The molecule has 0 aromatic carbocycles. The molecule has 0 saturated heterocycles. The van der Waals surface area contributed by atoms with Crippen LogP contribution in [0.2, 0.25) is 0 Å². The zero-order chi connectivity index (χ0) is 6.24. The molecule has 0 unspecified atom stereocenters. The van der Waals surface area contributed by atoms with Gasteiger partial charge < -0.3 is 5.32 Å². The molecule has 0 aromatic heterocycles. The maximum absolute atomic E-state index is 3.73. The van der Waals surface area contributed by atoms with Crippen molar-refractivity contribution in [2.75, 3.05) is 6.54 Å². The molecule has 1 nitrogen and oxygen atoms in total. The van der Waals surface area contributed by atoms with Gasteiger partial charge in [-0.25, -0.2) is 0 Å². The third-order valence-corrected chi connectivity index (χ3v) is 0.965. The lowest BCUT2D eigenvalue weighted by molar-refractivity contribution is 0.704. The molecule has 0 heterocycles. The monoisotopic (exact) mass is 112 g/mol. The predicted molar refractivity (Wildman–Crippen MR) is 37.4 cm³/mol. The van der Waals surface area contributed by atoms with Crippen LogP contribution >= 0.6 is 0 Å². The Bertz CT molecular complexity index is 50.3. The van der Waals surface area contributed by atoms with Crippen molar-refractivity contribution < 1.29 is 0 Å². The Labute approximate surface area is 51.8 Å². The first kappa shape index (κ1) is 7.41. The van der Waals surface area contributed by atoms with Gasteiger partial charge in [0, 0.05) is 6.54 Å². The summed E-state index contributed by atoms with van der Waals surface area (Å²) in [5.41, 5.74) is 0. The van der Waals surface area contributed by atoms with Crippen molar-refractivity contribution in [2.24, 2.45) is 0 Å². The number of hydrogen-bond acceptors (Lipinski definition) is 1. The molecule has 0 aromatic rings. The van der Waals surface area contributed by atoms with Gasteiger partial charge in [0.2, 0.25) is 0 Å². The molecular formula is C7H14N+. The van der Waals surface area contributed by atoms with E-state index in [1.54, 1.807) is 6.20 Å². The maximum Gasteiger partial charge on any atom is 0.0851 e. The van der Waals surface area contributed by atoms with E-state index in [0.29, 0.717) is 0 Å². The van der Waals surface area contributed by atoms with Gasteiger partial charge in [-0.2, -0.15) is 0 Å². The molecule has 1 heteroatoms. The highest BCUT2D eigenvalue weighted by atomic mass is 14.8. The number of unbranched alkanes of at least 4 members (excludes halogenated alkanes) is 2. The lowest BCUT2D eigenvalue weighted by atomic mass is 10.2. The van der Waals surface area contributed by atoms with Crippen molar-refractivity contribution in [2.45, 2.75) is 19.3 Å². The molecule has 0 saturated carbocycles. The van der Waals surface area contributed by atoms with Gasteiger partial charge in [0.15, 0.2) is 0 Å². The Balaban J connectivity index is 2.62. The first-order valence-corrected chi connectivity index (χ1v) is 3.05. The Hall–Kier alpha value is -0.590. The van der Waals surface area contributed by atoms with Gasteiger partial charge in [-0.3, -0.25) is 0 Å². The first-order chi connectivity index (χ1) is 3.91. The number of hydrogen-bond donors (Lipinski definition) is 1.